The maximum atomic E-state index is 3.44. The van der Waals surface area contributed by atoms with Gasteiger partial charge in [-0.05, 0) is 45.8 Å². The first-order chi connectivity index (χ1) is 10.4. The molecule has 100 valence electrons. The van der Waals surface area contributed by atoms with Gasteiger partial charge in [-0.15, -0.1) is 0 Å². The first kappa shape index (κ1) is 12.0. The van der Waals surface area contributed by atoms with E-state index in [2.05, 4.69) is 72.0 Å². The van der Waals surface area contributed by atoms with Gasteiger partial charge in [-0.3, -0.25) is 0 Å². The summed E-state index contributed by atoms with van der Waals surface area (Å²) in [6.45, 7) is 0. The lowest BCUT2D eigenvalue weighted by Crippen LogP contribution is -1.89. The predicted molar refractivity (Wildman–Crippen MR) is 91.2 cm³/mol. The van der Waals surface area contributed by atoms with E-state index in [4.69, 9.17) is 0 Å². The van der Waals surface area contributed by atoms with Crippen LogP contribution in [0.5, 0.6) is 0 Å². The van der Waals surface area contributed by atoms with Crippen LogP contribution < -0.4 is 5.32 Å². The normalized spacial score (nSPS) is 10.9. The minimum atomic E-state index is 1.11. The van der Waals surface area contributed by atoms with E-state index >= 15 is 0 Å². The van der Waals surface area contributed by atoms with Crippen molar-refractivity contribution >= 4 is 32.9 Å². The standard InChI is InChI=1S/C20H15N/c1-2-7-17(8-3-1)21-18-12-13-20-16(14-18)11-10-15-6-4-5-9-19(15)20/h1-14,21H. The quantitative estimate of drug-likeness (QED) is 0.458. The number of nitrogens with one attached hydrogen (secondary N) is 1. The zero-order valence-corrected chi connectivity index (χ0v) is 11.6. The van der Waals surface area contributed by atoms with Crippen molar-refractivity contribution in [3.63, 3.8) is 0 Å². The molecule has 0 spiro atoms. The van der Waals surface area contributed by atoms with E-state index < -0.39 is 0 Å². The molecule has 0 heterocycles. The molecule has 21 heavy (non-hydrogen) atoms. The van der Waals surface area contributed by atoms with E-state index in [1.807, 2.05) is 18.2 Å². The second-order valence-corrected chi connectivity index (χ2v) is 5.21. The monoisotopic (exact) mass is 269 g/mol. The third-order valence-corrected chi connectivity index (χ3v) is 3.81. The van der Waals surface area contributed by atoms with E-state index in [1.54, 1.807) is 0 Å². The second-order valence-electron chi connectivity index (χ2n) is 5.21. The van der Waals surface area contributed by atoms with Crippen LogP contribution >= 0.6 is 0 Å². The van der Waals surface area contributed by atoms with Gasteiger partial charge >= 0.3 is 0 Å². The molecule has 0 aliphatic rings. The lowest BCUT2D eigenvalue weighted by molar-refractivity contribution is 1.57. The number of para-hydroxylation sites is 1. The van der Waals surface area contributed by atoms with Crippen molar-refractivity contribution in [2.24, 2.45) is 0 Å². The Morgan fingerprint density at radius 1 is 0.476 bits per heavy atom. The van der Waals surface area contributed by atoms with Crippen LogP contribution in [-0.2, 0) is 0 Å². The second kappa shape index (κ2) is 4.95. The Morgan fingerprint density at radius 2 is 1.19 bits per heavy atom. The maximum Gasteiger partial charge on any atom is 0.0390 e. The molecule has 4 rings (SSSR count). The lowest BCUT2D eigenvalue weighted by atomic mass is 10.0. The van der Waals surface area contributed by atoms with Gasteiger partial charge < -0.3 is 5.32 Å². The molecule has 0 saturated heterocycles. The zero-order chi connectivity index (χ0) is 14.1. The molecule has 0 aliphatic carbocycles. The van der Waals surface area contributed by atoms with Crippen LogP contribution in [-0.4, -0.2) is 0 Å². The molecule has 0 bridgehead atoms. The number of rotatable bonds is 2. The van der Waals surface area contributed by atoms with Crippen LogP contribution in [0.4, 0.5) is 11.4 Å². The Balaban J connectivity index is 1.82. The minimum Gasteiger partial charge on any atom is -0.356 e. The summed E-state index contributed by atoms with van der Waals surface area (Å²) in [4.78, 5) is 0. The van der Waals surface area contributed by atoms with Crippen LogP contribution in [0.3, 0.4) is 0 Å². The molecular weight excluding hydrogens is 254 g/mol. The van der Waals surface area contributed by atoms with Crippen LogP contribution in [0, 0.1) is 0 Å². The Kier molecular flexibility index (Phi) is 2.82. The minimum absolute atomic E-state index is 1.11. The van der Waals surface area contributed by atoms with Gasteiger partial charge in [0, 0.05) is 11.4 Å². The Bertz CT molecular complexity index is 910. The van der Waals surface area contributed by atoms with Gasteiger partial charge in [-0.25, -0.2) is 0 Å². The Morgan fingerprint density at radius 3 is 2.10 bits per heavy atom. The molecular formula is C20H15N. The topological polar surface area (TPSA) is 12.0 Å². The summed E-state index contributed by atoms with van der Waals surface area (Å²) in [5.41, 5.74) is 2.22. The first-order valence-electron chi connectivity index (χ1n) is 7.14. The van der Waals surface area contributed by atoms with Gasteiger partial charge in [0.2, 0.25) is 0 Å². The van der Waals surface area contributed by atoms with Crippen molar-refractivity contribution in [3.8, 4) is 0 Å². The molecule has 0 atom stereocenters. The largest absolute Gasteiger partial charge is 0.356 e. The fourth-order valence-corrected chi connectivity index (χ4v) is 2.78. The lowest BCUT2D eigenvalue weighted by Gasteiger charge is -2.09. The Labute approximate surface area is 123 Å². The summed E-state index contributed by atoms with van der Waals surface area (Å²) >= 11 is 0. The molecule has 0 fully saturated rings. The molecule has 4 aromatic rings. The maximum absolute atomic E-state index is 3.44. The van der Waals surface area contributed by atoms with E-state index in [0.717, 1.165) is 11.4 Å². The third kappa shape index (κ3) is 2.23. The summed E-state index contributed by atoms with van der Waals surface area (Å²) in [5, 5.41) is 8.59. The average molecular weight is 269 g/mol. The number of hydrogen-bond acceptors (Lipinski definition) is 1. The van der Waals surface area contributed by atoms with Crippen molar-refractivity contribution in [3.05, 3.63) is 84.9 Å². The van der Waals surface area contributed by atoms with Crippen molar-refractivity contribution in [1.29, 1.82) is 0 Å². The van der Waals surface area contributed by atoms with E-state index in [0.29, 0.717) is 0 Å². The fourth-order valence-electron chi connectivity index (χ4n) is 2.78. The fraction of sp³-hybridized carbons (Fsp3) is 0. The smallest absolute Gasteiger partial charge is 0.0390 e. The van der Waals surface area contributed by atoms with Gasteiger partial charge in [0.1, 0.15) is 0 Å². The van der Waals surface area contributed by atoms with Crippen LogP contribution in [0.1, 0.15) is 0 Å². The van der Waals surface area contributed by atoms with E-state index in [9.17, 15) is 0 Å². The van der Waals surface area contributed by atoms with Crippen LogP contribution in [0.2, 0.25) is 0 Å². The molecule has 0 amide bonds. The zero-order valence-electron chi connectivity index (χ0n) is 11.6. The average Bonchev–Trinajstić information content (AvgIpc) is 2.55. The molecule has 0 saturated carbocycles. The van der Waals surface area contributed by atoms with Gasteiger partial charge in [-0.2, -0.15) is 0 Å². The van der Waals surface area contributed by atoms with Gasteiger partial charge in [0.15, 0.2) is 0 Å². The first-order valence-corrected chi connectivity index (χ1v) is 7.14. The predicted octanol–water partition coefficient (Wildman–Crippen LogP) is 5.74. The highest BCUT2D eigenvalue weighted by molar-refractivity contribution is 6.08. The molecule has 0 aliphatic heterocycles. The van der Waals surface area contributed by atoms with Crippen molar-refractivity contribution in [2.45, 2.75) is 0 Å². The summed E-state index contributed by atoms with van der Waals surface area (Å²) in [7, 11) is 0. The van der Waals surface area contributed by atoms with Gasteiger partial charge in [-0.1, -0.05) is 60.7 Å². The Hall–Kier alpha value is -2.80. The van der Waals surface area contributed by atoms with Crippen LogP contribution in [0.25, 0.3) is 21.5 Å². The van der Waals surface area contributed by atoms with Crippen molar-refractivity contribution < 1.29 is 0 Å². The summed E-state index contributed by atoms with van der Waals surface area (Å²) in [5.74, 6) is 0. The highest BCUT2D eigenvalue weighted by atomic mass is 14.9. The number of fused-ring (bicyclic) bond motifs is 3. The molecule has 1 nitrogen and oxygen atoms in total. The number of anilines is 2. The van der Waals surface area contributed by atoms with Gasteiger partial charge in [0.25, 0.3) is 0 Å². The van der Waals surface area contributed by atoms with Crippen LogP contribution in [0.15, 0.2) is 84.9 Å². The van der Waals surface area contributed by atoms with E-state index in [1.165, 1.54) is 21.5 Å². The molecule has 0 unspecified atom stereocenters. The van der Waals surface area contributed by atoms with Crippen molar-refractivity contribution in [2.75, 3.05) is 5.32 Å². The van der Waals surface area contributed by atoms with E-state index in [-0.39, 0.29) is 0 Å². The molecule has 1 heteroatoms. The molecule has 0 aromatic heterocycles. The molecule has 0 radical (unpaired) electrons. The highest BCUT2D eigenvalue weighted by Crippen LogP contribution is 2.28. The number of benzene rings is 4. The van der Waals surface area contributed by atoms with Crippen molar-refractivity contribution in [1.82, 2.24) is 0 Å². The molecule has 1 N–H and O–H groups in total. The summed E-state index contributed by atoms with van der Waals surface area (Å²) in [6, 6.07) is 29.7. The SMILES string of the molecule is c1ccc(Nc2ccc3c(ccc4ccccc43)c2)cc1. The molecule has 4 aromatic carbocycles. The van der Waals surface area contributed by atoms with Gasteiger partial charge in [0.05, 0.1) is 0 Å². The summed E-state index contributed by atoms with van der Waals surface area (Å²) in [6.07, 6.45) is 0. The summed E-state index contributed by atoms with van der Waals surface area (Å²) < 4.78 is 0. The third-order valence-electron chi connectivity index (χ3n) is 3.81. The highest BCUT2D eigenvalue weighted by Gasteiger charge is 2.01. The number of hydrogen-bond donors (Lipinski definition) is 1.